The van der Waals surface area contributed by atoms with Crippen molar-refractivity contribution in [3.05, 3.63) is 37.6 Å². The molecule has 0 N–H and O–H groups in total. The van der Waals surface area contributed by atoms with Crippen LogP contribution in [0.15, 0.2) is 21.7 Å². The predicted octanol–water partition coefficient (Wildman–Crippen LogP) is 4.74. The summed E-state index contributed by atoms with van der Waals surface area (Å²) in [6.45, 7) is 3.85. The van der Waals surface area contributed by atoms with Crippen LogP contribution in [0.1, 0.15) is 23.5 Å². The smallest absolute Gasteiger partial charge is 0.0960 e. The van der Waals surface area contributed by atoms with Gasteiger partial charge in [0.2, 0.25) is 0 Å². The van der Waals surface area contributed by atoms with Crippen LogP contribution in [0.4, 0.5) is 0 Å². The number of rotatable bonds is 2. The summed E-state index contributed by atoms with van der Waals surface area (Å²) in [7, 11) is 0. The molecule has 82 valence electrons. The van der Waals surface area contributed by atoms with Crippen LogP contribution in [0.3, 0.4) is 0 Å². The summed E-state index contributed by atoms with van der Waals surface area (Å²) in [5, 5.41) is 4.73. The Hall–Kier alpha value is -1.10. The Morgan fingerprint density at radius 1 is 1.56 bits per heavy atom. The number of fused-ring (bicyclic) bond motifs is 1. The van der Waals surface area contributed by atoms with E-state index in [-0.39, 0.29) is 6.04 Å². The number of halogens is 1. The van der Waals surface area contributed by atoms with Crippen molar-refractivity contribution in [1.29, 1.82) is 0 Å². The number of aromatic nitrogens is 1. The summed E-state index contributed by atoms with van der Waals surface area (Å²) < 4.78 is 2.07. The van der Waals surface area contributed by atoms with Crippen molar-refractivity contribution in [1.82, 2.24) is 4.98 Å². The van der Waals surface area contributed by atoms with Crippen LogP contribution in [0, 0.1) is 6.92 Å². The number of hydrogen-bond donors (Lipinski definition) is 0. The first-order valence-corrected chi connectivity index (χ1v) is 6.34. The van der Waals surface area contributed by atoms with Crippen molar-refractivity contribution < 1.29 is 0 Å². The molecule has 0 aliphatic heterocycles. The van der Waals surface area contributed by atoms with Gasteiger partial charge in [-0.15, -0.1) is 11.3 Å². The predicted molar refractivity (Wildman–Crippen MR) is 69.6 cm³/mol. The molecule has 0 fully saturated rings. The minimum Gasteiger partial charge on any atom is -0.240 e. The lowest BCUT2D eigenvalue weighted by atomic mass is 10.1. The van der Waals surface area contributed by atoms with Crippen LogP contribution in [0.2, 0.25) is 0 Å². The fourth-order valence-electron chi connectivity index (χ4n) is 1.55. The highest BCUT2D eigenvalue weighted by Gasteiger charge is 2.12. The third kappa shape index (κ3) is 1.91. The molecule has 4 nitrogen and oxygen atoms in total. The van der Waals surface area contributed by atoms with Gasteiger partial charge in [-0.2, -0.15) is 0 Å². The number of nitrogens with zero attached hydrogens (tertiary/aromatic N) is 4. The quantitative estimate of drug-likeness (QED) is 0.448. The SMILES string of the molecule is Cc1nc2c(Br)c(C(C)N=[N+]=[N-])ccc2s1. The zero-order valence-corrected chi connectivity index (χ0v) is 11.2. The molecule has 6 heteroatoms. The van der Waals surface area contributed by atoms with E-state index in [0.29, 0.717) is 0 Å². The fourth-order valence-corrected chi connectivity index (χ4v) is 3.28. The van der Waals surface area contributed by atoms with E-state index in [9.17, 15) is 0 Å². The molecule has 0 amide bonds. The van der Waals surface area contributed by atoms with Gasteiger partial charge in [0.05, 0.1) is 21.3 Å². The van der Waals surface area contributed by atoms with Crippen LogP contribution in [0.25, 0.3) is 20.7 Å². The Kier molecular flexibility index (Phi) is 3.14. The van der Waals surface area contributed by atoms with Gasteiger partial charge in [-0.25, -0.2) is 4.98 Å². The van der Waals surface area contributed by atoms with Gasteiger partial charge in [0, 0.05) is 9.38 Å². The van der Waals surface area contributed by atoms with E-state index < -0.39 is 0 Å². The summed E-state index contributed by atoms with van der Waals surface area (Å²) in [4.78, 5) is 7.28. The van der Waals surface area contributed by atoms with Crippen molar-refractivity contribution in [3.8, 4) is 0 Å². The molecular formula is C10H9BrN4S. The monoisotopic (exact) mass is 296 g/mol. The molecule has 0 aliphatic carbocycles. The second-order valence-corrected chi connectivity index (χ2v) is 5.46. The first-order valence-electron chi connectivity index (χ1n) is 4.73. The molecule has 1 atom stereocenters. The van der Waals surface area contributed by atoms with Gasteiger partial charge >= 0.3 is 0 Å². The van der Waals surface area contributed by atoms with E-state index in [1.807, 2.05) is 26.0 Å². The molecule has 1 heterocycles. The Morgan fingerprint density at radius 3 is 3.00 bits per heavy atom. The van der Waals surface area contributed by atoms with Crippen LogP contribution in [0.5, 0.6) is 0 Å². The third-order valence-corrected chi connectivity index (χ3v) is 4.08. The van der Waals surface area contributed by atoms with E-state index in [1.165, 1.54) is 0 Å². The first kappa shape index (κ1) is 11.4. The molecule has 16 heavy (non-hydrogen) atoms. The van der Waals surface area contributed by atoms with E-state index in [0.717, 1.165) is 25.3 Å². The zero-order chi connectivity index (χ0) is 11.7. The van der Waals surface area contributed by atoms with E-state index >= 15 is 0 Å². The topological polar surface area (TPSA) is 61.7 Å². The third-order valence-electron chi connectivity index (χ3n) is 2.31. The Labute approximate surface area is 105 Å². The van der Waals surface area contributed by atoms with Crippen LogP contribution < -0.4 is 0 Å². The fraction of sp³-hybridized carbons (Fsp3) is 0.300. The minimum atomic E-state index is -0.189. The minimum absolute atomic E-state index is 0.189. The van der Waals surface area contributed by atoms with Crippen molar-refractivity contribution in [3.63, 3.8) is 0 Å². The molecule has 1 unspecified atom stereocenters. The molecule has 0 aliphatic rings. The highest BCUT2D eigenvalue weighted by Crippen LogP contribution is 2.34. The lowest BCUT2D eigenvalue weighted by molar-refractivity contribution is 0.804. The summed E-state index contributed by atoms with van der Waals surface area (Å²) in [5.41, 5.74) is 10.3. The van der Waals surface area contributed by atoms with Gasteiger partial charge in [-0.3, -0.25) is 0 Å². The zero-order valence-electron chi connectivity index (χ0n) is 8.81. The molecule has 0 radical (unpaired) electrons. The molecule has 0 saturated heterocycles. The second-order valence-electron chi connectivity index (χ2n) is 3.43. The van der Waals surface area contributed by atoms with Crippen LogP contribution in [-0.4, -0.2) is 4.98 Å². The van der Waals surface area contributed by atoms with E-state index in [1.54, 1.807) is 11.3 Å². The summed E-state index contributed by atoms with van der Waals surface area (Å²) in [6.07, 6.45) is 0. The summed E-state index contributed by atoms with van der Waals surface area (Å²) in [6, 6.07) is 3.80. The second kappa shape index (κ2) is 4.41. The van der Waals surface area contributed by atoms with Gasteiger partial charge in [-0.05, 0) is 40.0 Å². The average molecular weight is 297 g/mol. The molecule has 1 aromatic carbocycles. The van der Waals surface area contributed by atoms with Crippen molar-refractivity contribution >= 4 is 37.5 Å². The molecule has 2 aromatic rings. The van der Waals surface area contributed by atoms with Gasteiger partial charge in [0.1, 0.15) is 0 Å². The number of thiazole rings is 1. The lowest BCUT2D eigenvalue weighted by Crippen LogP contribution is -1.90. The Balaban J connectivity index is 2.64. The largest absolute Gasteiger partial charge is 0.240 e. The van der Waals surface area contributed by atoms with Crippen molar-refractivity contribution in [2.75, 3.05) is 0 Å². The van der Waals surface area contributed by atoms with Gasteiger partial charge in [0.15, 0.2) is 0 Å². The summed E-state index contributed by atoms with van der Waals surface area (Å²) >= 11 is 5.18. The van der Waals surface area contributed by atoms with Crippen LogP contribution >= 0.6 is 27.3 Å². The highest BCUT2D eigenvalue weighted by molar-refractivity contribution is 9.10. The lowest BCUT2D eigenvalue weighted by Gasteiger charge is -2.07. The normalized spacial score (nSPS) is 12.4. The molecule has 0 spiro atoms. The highest BCUT2D eigenvalue weighted by atomic mass is 79.9. The first-order chi connectivity index (χ1) is 7.63. The van der Waals surface area contributed by atoms with Gasteiger partial charge in [-0.1, -0.05) is 18.1 Å². The van der Waals surface area contributed by atoms with Crippen LogP contribution in [-0.2, 0) is 0 Å². The Morgan fingerprint density at radius 2 is 2.31 bits per heavy atom. The molecular weight excluding hydrogens is 288 g/mol. The summed E-state index contributed by atoms with van der Waals surface area (Å²) in [5.74, 6) is 0. The number of aryl methyl sites for hydroxylation is 1. The van der Waals surface area contributed by atoms with E-state index in [2.05, 4.69) is 30.9 Å². The molecule has 1 aromatic heterocycles. The van der Waals surface area contributed by atoms with Crippen molar-refractivity contribution in [2.45, 2.75) is 19.9 Å². The van der Waals surface area contributed by atoms with Gasteiger partial charge < -0.3 is 0 Å². The maximum atomic E-state index is 8.44. The number of hydrogen-bond acceptors (Lipinski definition) is 3. The standard InChI is InChI=1S/C10H9BrN4S/c1-5(14-15-12)7-3-4-8-10(9(7)11)13-6(2)16-8/h3-5H,1-2H3. The molecule has 2 rings (SSSR count). The molecule has 0 bridgehead atoms. The Bertz CT molecular complexity index is 586. The van der Waals surface area contributed by atoms with E-state index in [4.69, 9.17) is 5.53 Å². The maximum Gasteiger partial charge on any atom is 0.0960 e. The number of azide groups is 1. The van der Waals surface area contributed by atoms with Crippen molar-refractivity contribution in [2.24, 2.45) is 5.11 Å². The molecule has 0 saturated carbocycles. The maximum absolute atomic E-state index is 8.44. The average Bonchev–Trinajstić information content (AvgIpc) is 2.60. The number of benzene rings is 1. The van der Waals surface area contributed by atoms with Gasteiger partial charge in [0.25, 0.3) is 0 Å².